The molecule has 7 saturated heterocycles. The monoisotopic (exact) mass is 1170 g/mol. The molecule has 35 unspecified atom stereocenters. The Morgan fingerprint density at radius 2 is 1.01 bits per heavy atom. The standard InChI is InChI=1S/C55H90O26/c1-21-7-12-55(72-18-21)22(2)34-30(81-55)14-27-25-6-5-23-13-24(8-10-53(23,3)26(25)9-11-54(27,34)4)73-50-42(68)39(65)44(33(17-58)76-50)77-52-47(46(38(64)32(16-57)75-52)79-49-41(67)36(62)29(60)20-71-49)80-51-43(69)45(37(63)31(15-56)74-51)78-48-40(66)35(61)28(59)19-70-48/h21-52,56-69H,5-20H2,1-4H3. The van der Waals surface area contributed by atoms with Gasteiger partial charge in [0, 0.05) is 12.3 Å². The Morgan fingerprint density at radius 3 is 1.64 bits per heavy atom. The molecule has 4 aliphatic carbocycles. The molecule has 0 aromatic rings. The summed E-state index contributed by atoms with van der Waals surface area (Å²) < 4.78 is 73.3. The summed E-state index contributed by atoms with van der Waals surface area (Å²) in [4.78, 5) is 0. The van der Waals surface area contributed by atoms with Crippen LogP contribution < -0.4 is 0 Å². The lowest BCUT2D eigenvalue weighted by Gasteiger charge is -2.61. The van der Waals surface area contributed by atoms with Gasteiger partial charge in [0.1, 0.15) is 110 Å². The first kappa shape index (κ1) is 61.6. The van der Waals surface area contributed by atoms with Crippen molar-refractivity contribution in [1.29, 1.82) is 0 Å². The molecule has 26 nitrogen and oxygen atoms in total. The van der Waals surface area contributed by atoms with E-state index >= 15 is 0 Å². The molecule has 7 aliphatic heterocycles. The molecule has 0 aromatic carbocycles. The maximum absolute atomic E-state index is 12.0. The highest BCUT2D eigenvalue weighted by Gasteiger charge is 2.69. The van der Waals surface area contributed by atoms with Crippen LogP contribution in [0.1, 0.15) is 91.9 Å². The van der Waals surface area contributed by atoms with Crippen molar-refractivity contribution in [2.75, 3.05) is 39.6 Å². The summed E-state index contributed by atoms with van der Waals surface area (Å²) in [7, 11) is 0. The summed E-state index contributed by atoms with van der Waals surface area (Å²) in [6, 6.07) is 0. The molecule has 35 atom stereocenters. The van der Waals surface area contributed by atoms with E-state index in [1.54, 1.807) is 0 Å². The topological polar surface area (TPSA) is 394 Å². The molecule has 11 fully saturated rings. The Balaban J connectivity index is 0.780. The summed E-state index contributed by atoms with van der Waals surface area (Å²) in [5.74, 6) is 2.89. The molecule has 0 bridgehead atoms. The molecule has 0 radical (unpaired) electrons. The average molecular weight is 1170 g/mol. The summed E-state index contributed by atoms with van der Waals surface area (Å²) in [6.07, 6.45) is -31.5. The van der Waals surface area contributed by atoms with E-state index in [2.05, 4.69) is 27.7 Å². The molecule has 4 saturated carbocycles. The Labute approximate surface area is 470 Å². The number of hydrogen-bond acceptors (Lipinski definition) is 26. The van der Waals surface area contributed by atoms with E-state index in [1.165, 1.54) is 0 Å². The van der Waals surface area contributed by atoms with Crippen LogP contribution in [0, 0.1) is 52.3 Å². The SMILES string of the molecule is CC1CCC2(OC1)OC1CC3C4CCC5CC(OC6OC(CO)C(OC7OC(CO)C(O)C(OC8OCC(O)C(O)C8O)C7OC7OC(CO)C(O)C(OC8OCC(O)C(O)C8O)C7O)C(O)C6O)CCC5(C)C4CCC3(C)C1C2C. The van der Waals surface area contributed by atoms with Gasteiger partial charge in [-0.25, -0.2) is 0 Å². The molecule has 26 heteroatoms. The van der Waals surface area contributed by atoms with E-state index in [9.17, 15) is 71.5 Å². The third-order valence-electron chi connectivity index (χ3n) is 21.7. The first-order chi connectivity index (χ1) is 38.6. The normalized spacial score (nSPS) is 57.6. The number of rotatable bonds is 13. The average Bonchev–Trinajstić information content (AvgIpc) is 4.01. The van der Waals surface area contributed by atoms with E-state index in [1.807, 2.05) is 0 Å². The molecule has 0 aromatic heterocycles. The lowest BCUT2D eigenvalue weighted by Crippen LogP contribution is -2.69. The third-order valence-corrected chi connectivity index (χ3v) is 21.7. The van der Waals surface area contributed by atoms with Crippen LogP contribution in [0.25, 0.3) is 0 Å². The van der Waals surface area contributed by atoms with E-state index < -0.39 is 180 Å². The number of fused-ring (bicyclic) bond motifs is 7. The lowest BCUT2D eigenvalue weighted by molar-refractivity contribution is -0.408. The summed E-state index contributed by atoms with van der Waals surface area (Å²) in [6.45, 7) is 6.60. The van der Waals surface area contributed by atoms with Crippen molar-refractivity contribution in [3.8, 4) is 0 Å². The highest BCUT2D eigenvalue weighted by Crippen LogP contribution is 2.71. The number of ether oxygens (including phenoxy) is 12. The Bertz CT molecular complexity index is 2090. The van der Waals surface area contributed by atoms with Gasteiger partial charge in [-0.15, -0.1) is 0 Å². The van der Waals surface area contributed by atoms with E-state index in [4.69, 9.17) is 56.8 Å². The van der Waals surface area contributed by atoms with Crippen LogP contribution >= 0.6 is 0 Å². The van der Waals surface area contributed by atoms with Gasteiger partial charge in [0.2, 0.25) is 0 Å². The van der Waals surface area contributed by atoms with Gasteiger partial charge in [-0.05, 0) is 104 Å². The third kappa shape index (κ3) is 10.9. The summed E-state index contributed by atoms with van der Waals surface area (Å²) >= 11 is 0. The van der Waals surface area contributed by atoms with Gasteiger partial charge in [-0.2, -0.15) is 0 Å². The van der Waals surface area contributed by atoms with Crippen LogP contribution in [0.2, 0.25) is 0 Å². The number of hydrogen-bond donors (Lipinski definition) is 14. The smallest absolute Gasteiger partial charge is 0.187 e. The van der Waals surface area contributed by atoms with Crippen LogP contribution in [-0.4, -0.2) is 270 Å². The first-order valence-corrected chi connectivity index (χ1v) is 29.7. The van der Waals surface area contributed by atoms with Crippen molar-refractivity contribution in [1.82, 2.24) is 0 Å². The van der Waals surface area contributed by atoms with Crippen molar-refractivity contribution < 1.29 is 128 Å². The molecule has 81 heavy (non-hydrogen) atoms. The maximum atomic E-state index is 12.0. The first-order valence-electron chi connectivity index (χ1n) is 29.7. The molecular weight excluding hydrogens is 1080 g/mol. The fourth-order valence-corrected chi connectivity index (χ4v) is 17.1. The molecule has 7 heterocycles. The van der Waals surface area contributed by atoms with Crippen molar-refractivity contribution in [3.63, 3.8) is 0 Å². The zero-order valence-corrected chi connectivity index (χ0v) is 46.4. The zero-order chi connectivity index (χ0) is 57.8. The van der Waals surface area contributed by atoms with E-state index in [0.29, 0.717) is 54.3 Å². The highest BCUT2D eigenvalue weighted by molar-refractivity contribution is 5.16. The van der Waals surface area contributed by atoms with Crippen LogP contribution in [0.15, 0.2) is 0 Å². The largest absolute Gasteiger partial charge is 0.394 e. The molecule has 11 aliphatic rings. The molecule has 0 amide bonds. The predicted molar refractivity (Wildman–Crippen MR) is 269 cm³/mol. The predicted octanol–water partition coefficient (Wildman–Crippen LogP) is -3.81. The molecular formula is C55H90O26. The second-order valence-corrected chi connectivity index (χ2v) is 26.2. The quantitative estimate of drug-likeness (QED) is 0.0786. The zero-order valence-electron chi connectivity index (χ0n) is 46.4. The van der Waals surface area contributed by atoms with Crippen molar-refractivity contribution >= 4 is 0 Å². The van der Waals surface area contributed by atoms with Crippen LogP contribution in [-0.2, 0) is 56.8 Å². The highest BCUT2D eigenvalue weighted by atomic mass is 16.8. The van der Waals surface area contributed by atoms with Crippen LogP contribution in [0.3, 0.4) is 0 Å². The van der Waals surface area contributed by atoms with Crippen LogP contribution in [0.5, 0.6) is 0 Å². The Kier molecular flexibility index (Phi) is 18.4. The van der Waals surface area contributed by atoms with Crippen LogP contribution in [0.4, 0.5) is 0 Å². The molecule has 14 N–H and O–H groups in total. The summed E-state index contributed by atoms with van der Waals surface area (Å²) in [5, 5.41) is 153. The van der Waals surface area contributed by atoms with E-state index in [-0.39, 0.29) is 23.0 Å². The van der Waals surface area contributed by atoms with Gasteiger partial charge in [0.25, 0.3) is 0 Å². The fraction of sp³-hybridized carbons (Fsp3) is 1.00. The number of aliphatic hydroxyl groups excluding tert-OH is 14. The minimum absolute atomic E-state index is 0.0600. The Morgan fingerprint density at radius 1 is 0.457 bits per heavy atom. The van der Waals surface area contributed by atoms with Crippen molar-refractivity contribution in [2.45, 2.75) is 251 Å². The van der Waals surface area contributed by atoms with Gasteiger partial charge in [-0.3, -0.25) is 0 Å². The van der Waals surface area contributed by atoms with Crippen molar-refractivity contribution in [3.05, 3.63) is 0 Å². The lowest BCUT2D eigenvalue weighted by atomic mass is 9.44. The second-order valence-electron chi connectivity index (χ2n) is 26.2. The minimum atomic E-state index is -2.11. The summed E-state index contributed by atoms with van der Waals surface area (Å²) in [5.41, 5.74) is 0.239. The van der Waals surface area contributed by atoms with Gasteiger partial charge < -0.3 is 128 Å². The van der Waals surface area contributed by atoms with Crippen molar-refractivity contribution in [2.24, 2.45) is 52.3 Å². The van der Waals surface area contributed by atoms with Gasteiger partial charge in [-0.1, -0.05) is 27.7 Å². The Hall–Kier alpha value is -1.04. The maximum Gasteiger partial charge on any atom is 0.187 e. The minimum Gasteiger partial charge on any atom is -0.394 e. The van der Waals surface area contributed by atoms with Gasteiger partial charge >= 0.3 is 0 Å². The van der Waals surface area contributed by atoms with Gasteiger partial charge in [0.05, 0.1) is 51.8 Å². The molecule has 466 valence electrons. The van der Waals surface area contributed by atoms with E-state index in [0.717, 1.165) is 58.0 Å². The molecule has 1 spiro atoms. The molecule has 11 rings (SSSR count). The fourth-order valence-electron chi connectivity index (χ4n) is 17.1. The number of aliphatic hydroxyl groups is 14. The second kappa shape index (κ2) is 24.2. The van der Waals surface area contributed by atoms with Gasteiger partial charge in [0.15, 0.2) is 37.2 Å².